The quantitative estimate of drug-likeness (QED) is 0.112. The minimum atomic E-state index is -1.26. The third-order valence-corrected chi connectivity index (χ3v) is 10.1. The number of amides is 1. The molecule has 50 heavy (non-hydrogen) atoms. The van der Waals surface area contributed by atoms with Crippen LogP contribution in [0, 0.1) is 17.8 Å². The van der Waals surface area contributed by atoms with E-state index in [2.05, 4.69) is 18.3 Å². The van der Waals surface area contributed by atoms with Gasteiger partial charge in [-0.3, -0.25) is 9.59 Å². The molecule has 0 aliphatic heterocycles. The van der Waals surface area contributed by atoms with E-state index in [1.54, 1.807) is 0 Å². The van der Waals surface area contributed by atoms with Gasteiger partial charge in [-0.2, -0.15) is 0 Å². The lowest BCUT2D eigenvalue weighted by atomic mass is 9.73. The van der Waals surface area contributed by atoms with Crippen molar-refractivity contribution in [3.63, 3.8) is 0 Å². The number of esters is 2. The molecule has 5 rings (SSSR count). The normalized spacial score (nSPS) is 20.5. The van der Waals surface area contributed by atoms with E-state index in [-0.39, 0.29) is 31.8 Å². The van der Waals surface area contributed by atoms with Crippen LogP contribution in [0.4, 0.5) is 0 Å². The Balaban J connectivity index is 1.17. The van der Waals surface area contributed by atoms with E-state index in [0.717, 1.165) is 67.2 Å². The van der Waals surface area contributed by atoms with Crippen LogP contribution < -0.4 is 10.1 Å². The Bertz CT molecular complexity index is 1530. The number of hydrogen-bond donors (Lipinski definition) is 3. The molecule has 0 aromatic heterocycles. The summed E-state index contributed by atoms with van der Waals surface area (Å²) in [4.78, 5) is 39.0. The zero-order valence-corrected chi connectivity index (χ0v) is 29.0. The van der Waals surface area contributed by atoms with Crippen molar-refractivity contribution in [1.82, 2.24) is 5.32 Å². The number of ether oxygens (including phenoxy) is 3. The van der Waals surface area contributed by atoms with Crippen LogP contribution in [-0.2, 0) is 49.9 Å². The SMILES string of the molecule is CCCCCC(O)CCC1C2Cc3cccc(OCC(=O)N[C@@H](CC(=O)OCc4ccccc4)C(=O)OCc4ccccc4)c3CC2C[C@H]1O. The van der Waals surface area contributed by atoms with Crippen LogP contribution >= 0.6 is 0 Å². The molecule has 0 spiro atoms. The fourth-order valence-corrected chi connectivity index (χ4v) is 7.46. The zero-order chi connectivity index (χ0) is 35.3. The second kappa shape index (κ2) is 18.7. The smallest absolute Gasteiger partial charge is 0.329 e. The number of aliphatic hydroxyl groups is 2. The van der Waals surface area contributed by atoms with E-state index in [4.69, 9.17) is 14.2 Å². The maximum absolute atomic E-state index is 13.2. The highest BCUT2D eigenvalue weighted by Gasteiger charge is 2.45. The van der Waals surface area contributed by atoms with Crippen LogP contribution in [0.3, 0.4) is 0 Å². The Morgan fingerprint density at radius 1 is 0.860 bits per heavy atom. The van der Waals surface area contributed by atoms with Crippen molar-refractivity contribution in [2.75, 3.05) is 6.61 Å². The number of benzene rings is 3. The molecular weight excluding hydrogens is 634 g/mol. The molecule has 0 radical (unpaired) electrons. The van der Waals surface area contributed by atoms with E-state index in [9.17, 15) is 24.6 Å². The Morgan fingerprint density at radius 2 is 1.56 bits per heavy atom. The van der Waals surface area contributed by atoms with Crippen molar-refractivity contribution in [1.29, 1.82) is 0 Å². The van der Waals surface area contributed by atoms with Gasteiger partial charge in [-0.05, 0) is 84.6 Å². The van der Waals surface area contributed by atoms with Crippen molar-refractivity contribution in [3.05, 3.63) is 101 Å². The Hall–Kier alpha value is -4.21. The summed E-state index contributed by atoms with van der Waals surface area (Å²) < 4.78 is 16.9. The number of fused-ring (bicyclic) bond motifs is 2. The van der Waals surface area contributed by atoms with Crippen molar-refractivity contribution >= 4 is 17.8 Å². The average Bonchev–Trinajstić information content (AvgIpc) is 3.44. The molecular formula is C41H51NO8. The number of rotatable bonds is 18. The van der Waals surface area contributed by atoms with Gasteiger partial charge in [0.05, 0.1) is 18.6 Å². The molecule has 1 saturated carbocycles. The van der Waals surface area contributed by atoms with Gasteiger partial charge in [0, 0.05) is 0 Å². The standard InChI is InChI=1S/C41H51NO8/c1-2-3-6-17-32(43)19-20-33-34-21-30-16-11-18-38(35(30)22-31(34)23-37(33)44)48-27-39(45)42-36(41(47)50-26-29-14-9-5-10-15-29)24-40(46)49-25-28-12-7-4-8-13-28/h4-5,7-16,18,31-34,36-37,43-44H,2-3,6,17,19-27H2,1H3,(H,42,45)/t31?,32?,33?,34?,36-,37+/m0/s1. The van der Waals surface area contributed by atoms with Crippen molar-refractivity contribution in [3.8, 4) is 5.75 Å². The Kier molecular flexibility index (Phi) is 13.9. The average molecular weight is 686 g/mol. The van der Waals surface area contributed by atoms with Crippen LogP contribution in [0.5, 0.6) is 5.75 Å². The van der Waals surface area contributed by atoms with Crippen LogP contribution in [0.1, 0.15) is 80.5 Å². The van der Waals surface area contributed by atoms with Gasteiger partial charge in [0.15, 0.2) is 6.61 Å². The highest BCUT2D eigenvalue weighted by atomic mass is 16.5. The molecule has 4 unspecified atom stereocenters. The van der Waals surface area contributed by atoms with E-state index in [1.165, 1.54) is 0 Å². The molecule has 0 saturated heterocycles. The van der Waals surface area contributed by atoms with Crippen LogP contribution in [0.2, 0.25) is 0 Å². The van der Waals surface area contributed by atoms with Crippen LogP contribution in [-0.4, -0.2) is 52.9 Å². The lowest BCUT2D eigenvalue weighted by molar-refractivity contribution is -0.155. The van der Waals surface area contributed by atoms with Gasteiger partial charge in [-0.1, -0.05) is 99.0 Å². The molecule has 1 amide bonds. The van der Waals surface area contributed by atoms with Gasteiger partial charge in [-0.25, -0.2) is 4.79 Å². The predicted molar refractivity (Wildman–Crippen MR) is 189 cm³/mol. The minimum Gasteiger partial charge on any atom is -0.483 e. The number of nitrogens with one attached hydrogen (secondary N) is 1. The molecule has 9 nitrogen and oxygen atoms in total. The first-order valence-corrected chi connectivity index (χ1v) is 18.1. The van der Waals surface area contributed by atoms with Gasteiger partial charge in [0.2, 0.25) is 0 Å². The van der Waals surface area contributed by atoms with Crippen molar-refractivity contribution < 1.29 is 38.8 Å². The molecule has 1 fully saturated rings. The van der Waals surface area contributed by atoms with E-state index in [1.807, 2.05) is 72.8 Å². The number of aliphatic hydroxyl groups excluding tert-OH is 2. The fraction of sp³-hybridized carbons (Fsp3) is 0.488. The van der Waals surface area contributed by atoms with Crippen LogP contribution in [0.25, 0.3) is 0 Å². The first-order valence-electron chi connectivity index (χ1n) is 18.1. The molecule has 2 aliphatic rings. The summed E-state index contributed by atoms with van der Waals surface area (Å²) in [5.41, 5.74) is 3.77. The molecule has 268 valence electrons. The number of hydrogen-bond acceptors (Lipinski definition) is 8. The Labute approximate surface area is 295 Å². The van der Waals surface area contributed by atoms with Gasteiger partial charge in [0.25, 0.3) is 5.91 Å². The van der Waals surface area contributed by atoms with E-state index in [0.29, 0.717) is 30.4 Å². The lowest BCUT2D eigenvalue weighted by Crippen LogP contribution is -2.45. The van der Waals surface area contributed by atoms with Gasteiger partial charge in [0.1, 0.15) is 25.0 Å². The summed E-state index contributed by atoms with van der Waals surface area (Å²) in [5.74, 6) is -0.570. The maximum atomic E-state index is 13.2. The van der Waals surface area contributed by atoms with Crippen LogP contribution in [0.15, 0.2) is 78.9 Å². The number of unbranched alkanes of at least 4 members (excludes halogenated alkanes) is 2. The lowest BCUT2D eigenvalue weighted by Gasteiger charge is -2.32. The predicted octanol–water partition coefficient (Wildman–Crippen LogP) is 5.86. The third kappa shape index (κ3) is 10.6. The topological polar surface area (TPSA) is 131 Å². The van der Waals surface area contributed by atoms with Gasteiger partial charge in [-0.15, -0.1) is 0 Å². The summed E-state index contributed by atoms with van der Waals surface area (Å²) in [5, 5.41) is 24.2. The largest absolute Gasteiger partial charge is 0.483 e. The highest BCUT2D eigenvalue weighted by molar-refractivity contribution is 5.88. The van der Waals surface area contributed by atoms with Crippen molar-refractivity contribution in [2.24, 2.45) is 17.8 Å². The monoisotopic (exact) mass is 685 g/mol. The Morgan fingerprint density at radius 3 is 2.26 bits per heavy atom. The second-order valence-electron chi connectivity index (χ2n) is 13.8. The molecule has 0 heterocycles. The zero-order valence-electron chi connectivity index (χ0n) is 29.0. The first-order chi connectivity index (χ1) is 24.3. The van der Waals surface area contributed by atoms with E-state index >= 15 is 0 Å². The molecule has 3 aromatic carbocycles. The summed E-state index contributed by atoms with van der Waals surface area (Å²) in [6.07, 6.45) is 6.80. The molecule has 3 aromatic rings. The molecule has 6 atom stereocenters. The first kappa shape index (κ1) is 37.1. The second-order valence-corrected chi connectivity index (χ2v) is 13.8. The number of carbonyl (C=O) groups excluding carboxylic acids is 3. The summed E-state index contributed by atoms with van der Waals surface area (Å²) in [6, 6.07) is 22.9. The highest BCUT2D eigenvalue weighted by Crippen LogP contribution is 2.48. The molecule has 3 N–H and O–H groups in total. The third-order valence-electron chi connectivity index (χ3n) is 10.1. The summed E-state index contributed by atoms with van der Waals surface area (Å²) >= 11 is 0. The van der Waals surface area contributed by atoms with Gasteiger partial charge >= 0.3 is 11.9 Å². The summed E-state index contributed by atoms with van der Waals surface area (Å²) in [6.45, 7) is 1.84. The number of carbonyl (C=O) groups is 3. The minimum absolute atomic E-state index is 0.00495. The van der Waals surface area contributed by atoms with Gasteiger partial charge < -0.3 is 29.7 Å². The van der Waals surface area contributed by atoms with Crippen molar-refractivity contribution in [2.45, 2.75) is 103 Å². The molecule has 0 bridgehead atoms. The molecule has 2 aliphatic carbocycles. The summed E-state index contributed by atoms with van der Waals surface area (Å²) in [7, 11) is 0. The maximum Gasteiger partial charge on any atom is 0.329 e. The molecule has 9 heteroatoms. The fourth-order valence-electron chi connectivity index (χ4n) is 7.46. The van der Waals surface area contributed by atoms with E-state index < -0.39 is 36.4 Å².